The van der Waals surface area contributed by atoms with Gasteiger partial charge in [0.2, 0.25) is 5.91 Å². The Hall–Kier alpha value is -3.23. The number of aromatic nitrogens is 3. The summed E-state index contributed by atoms with van der Waals surface area (Å²) in [6.45, 7) is 0. The molecule has 3 aromatic heterocycles. The molecule has 0 atom stereocenters. The molecule has 3 heterocycles. The molecule has 0 spiro atoms. The van der Waals surface area contributed by atoms with Crippen LogP contribution in [0.15, 0.2) is 66.0 Å². The average molecular weight is 446 g/mol. The fourth-order valence-corrected chi connectivity index (χ4v) is 5.35. The molecule has 2 aromatic carbocycles. The molecule has 0 fully saturated rings. The summed E-state index contributed by atoms with van der Waals surface area (Å²) >= 11 is 2.99. The number of para-hydroxylation sites is 1. The van der Waals surface area contributed by atoms with Crippen LogP contribution in [0.3, 0.4) is 0 Å². The topological polar surface area (TPSA) is 71.0 Å². The molecule has 0 aliphatic rings. The van der Waals surface area contributed by atoms with Crippen LogP contribution >= 0.6 is 23.1 Å². The van der Waals surface area contributed by atoms with Crippen molar-refractivity contribution in [1.29, 1.82) is 0 Å². The minimum Gasteiger partial charge on any atom is -0.378 e. The van der Waals surface area contributed by atoms with Gasteiger partial charge in [-0.15, -0.1) is 11.3 Å². The Morgan fingerprint density at radius 1 is 1.10 bits per heavy atom. The van der Waals surface area contributed by atoms with Gasteiger partial charge in [-0.05, 0) is 36.4 Å². The van der Waals surface area contributed by atoms with Crippen molar-refractivity contribution in [2.24, 2.45) is 0 Å². The smallest absolute Gasteiger partial charge is 0.234 e. The molecule has 0 saturated carbocycles. The number of fused-ring (bicyclic) bond motifs is 4. The zero-order chi connectivity index (χ0) is 21.4. The molecule has 0 radical (unpaired) electrons. The van der Waals surface area contributed by atoms with Gasteiger partial charge in [0.1, 0.15) is 16.2 Å². The summed E-state index contributed by atoms with van der Waals surface area (Å²) in [5, 5.41) is 5.85. The fraction of sp³-hybridized carbons (Fsp3) is 0.130. The summed E-state index contributed by atoms with van der Waals surface area (Å²) in [7, 11) is 3.97. The molecule has 8 heteroatoms. The van der Waals surface area contributed by atoms with Crippen LogP contribution in [-0.2, 0) is 4.79 Å². The van der Waals surface area contributed by atoms with E-state index in [9.17, 15) is 4.79 Å². The highest BCUT2D eigenvalue weighted by Crippen LogP contribution is 2.37. The first-order valence-electron chi connectivity index (χ1n) is 9.71. The van der Waals surface area contributed by atoms with Gasteiger partial charge in [0.15, 0.2) is 0 Å². The number of nitrogens with zero attached hydrogens (tertiary/aromatic N) is 4. The van der Waals surface area contributed by atoms with Gasteiger partial charge in [0, 0.05) is 36.2 Å². The van der Waals surface area contributed by atoms with Gasteiger partial charge in [0.25, 0.3) is 0 Å². The number of hydrogen-bond donors (Lipinski definition) is 1. The van der Waals surface area contributed by atoms with Crippen LogP contribution in [0.5, 0.6) is 0 Å². The van der Waals surface area contributed by atoms with E-state index in [1.54, 1.807) is 17.7 Å². The van der Waals surface area contributed by atoms with E-state index >= 15 is 0 Å². The van der Waals surface area contributed by atoms with Crippen LogP contribution in [-0.4, -0.2) is 40.7 Å². The molecule has 1 N–H and O–H groups in total. The van der Waals surface area contributed by atoms with E-state index in [1.165, 1.54) is 11.8 Å². The number of nitrogens with one attached hydrogen (secondary N) is 1. The standard InChI is InChI=1S/C23H19N5OS2/c1-28(2)16-9-7-15(8-10-16)26-19(29)12-30-23-21-20(24-13-25-23)17-11-14-5-3-4-6-18(14)27-22(17)31-21/h3-11,13H,12H2,1-2H3,(H,26,29). The van der Waals surface area contributed by atoms with Crippen molar-refractivity contribution in [1.82, 2.24) is 15.0 Å². The average Bonchev–Trinajstić information content (AvgIpc) is 3.14. The third-order valence-electron chi connectivity index (χ3n) is 4.92. The highest BCUT2D eigenvalue weighted by molar-refractivity contribution is 8.00. The Bertz CT molecular complexity index is 1410. The number of amides is 1. The summed E-state index contributed by atoms with van der Waals surface area (Å²) in [6.07, 6.45) is 1.56. The monoisotopic (exact) mass is 445 g/mol. The molecule has 154 valence electrons. The van der Waals surface area contributed by atoms with E-state index in [0.29, 0.717) is 0 Å². The van der Waals surface area contributed by atoms with Crippen molar-refractivity contribution in [3.63, 3.8) is 0 Å². The van der Waals surface area contributed by atoms with E-state index in [0.717, 1.165) is 47.7 Å². The van der Waals surface area contributed by atoms with Crippen LogP contribution < -0.4 is 10.2 Å². The van der Waals surface area contributed by atoms with Gasteiger partial charge in [-0.25, -0.2) is 15.0 Å². The highest BCUT2D eigenvalue weighted by Gasteiger charge is 2.15. The van der Waals surface area contributed by atoms with E-state index < -0.39 is 0 Å². The van der Waals surface area contributed by atoms with Crippen molar-refractivity contribution in [3.05, 3.63) is 60.9 Å². The van der Waals surface area contributed by atoms with Crippen molar-refractivity contribution in [3.8, 4) is 0 Å². The van der Waals surface area contributed by atoms with Gasteiger partial charge in [0.05, 0.1) is 21.5 Å². The number of carbonyl (C=O) groups is 1. The number of anilines is 2. The Balaban J connectivity index is 1.37. The second kappa shape index (κ2) is 8.13. The molecule has 0 bridgehead atoms. The van der Waals surface area contributed by atoms with Gasteiger partial charge in [-0.1, -0.05) is 30.0 Å². The maximum absolute atomic E-state index is 12.5. The molecule has 0 aliphatic heterocycles. The minimum absolute atomic E-state index is 0.0701. The summed E-state index contributed by atoms with van der Waals surface area (Å²) < 4.78 is 0.966. The van der Waals surface area contributed by atoms with Gasteiger partial charge >= 0.3 is 0 Å². The summed E-state index contributed by atoms with van der Waals surface area (Å²) in [5.74, 6) is 0.199. The Morgan fingerprint density at radius 3 is 2.71 bits per heavy atom. The Kier molecular flexibility index (Phi) is 5.17. The maximum atomic E-state index is 12.5. The number of rotatable bonds is 5. The molecule has 0 unspecified atom stereocenters. The number of hydrogen-bond acceptors (Lipinski definition) is 7. The Morgan fingerprint density at radius 2 is 1.90 bits per heavy atom. The number of benzene rings is 2. The van der Waals surface area contributed by atoms with E-state index in [-0.39, 0.29) is 11.7 Å². The van der Waals surface area contributed by atoms with Gasteiger partial charge in [-0.2, -0.15) is 0 Å². The van der Waals surface area contributed by atoms with Crippen molar-refractivity contribution in [2.45, 2.75) is 5.03 Å². The summed E-state index contributed by atoms with van der Waals surface area (Å²) in [6, 6.07) is 18.0. The van der Waals surface area contributed by atoms with Crippen LogP contribution in [0.25, 0.3) is 31.3 Å². The zero-order valence-corrected chi connectivity index (χ0v) is 18.6. The lowest BCUT2D eigenvalue weighted by molar-refractivity contribution is -0.113. The second-order valence-electron chi connectivity index (χ2n) is 7.27. The fourth-order valence-electron chi connectivity index (χ4n) is 3.36. The predicted octanol–water partition coefficient (Wildman–Crippen LogP) is 5.19. The van der Waals surface area contributed by atoms with Gasteiger partial charge < -0.3 is 10.2 Å². The highest BCUT2D eigenvalue weighted by atomic mass is 32.2. The van der Waals surface area contributed by atoms with Crippen LogP contribution in [0.1, 0.15) is 0 Å². The first kappa shape index (κ1) is 19.7. The maximum Gasteiger partial charge on any atom is 0.234 e. The third-order valence-corrected chi connectivity index (χ3v) is 7.14. The Labute approximate surface area is 187 Å². The number of thiophene rings is 1. The van der Waals surface area contributed by atoms with Crippen LogP contribution in [0.2, 0.25) is 0 Å². The largest absolute Gasteiger partial charge is 0.378 e. The van der Waals surface area contributed by atoms with Crippen molar-refractivity contribution >= 4 is 71.7 Å². The van der Waals surface area contributed by atoms with Crippen LogP contribution in [0, 0.1) is 0 Å². The molecular formula is C23H19N5OS2. The first-order chi connectivity index (χ1) is 15.1. The van der Waals surface area contributed by atoms with Crippen molar-refractivity contribution < 1.29 is 4.79 Å². The molecule has 0 saturated heterocycles. The first-order valence-corrected chi connectivity index (χ1v) is 11.5. The SMILES string of the molecule is CN(C)c1ccc(NC(=O)CSc2ncnc3c2sc2nc4ccccc4cc23)cc1. The number of carbonyl (C=O) groups excluding carboxylic acids is 1. The lowest BCUT2D eigenvalue weighted by Gasteiger charge is -2.13. The van der Waals surface area contributed by atoms with Crippen LogP contribution in [0.4, 0.5) is 11.4 Å². The molecule has 0 aliphatic carbocycles. The normalized spacial score (nSPS) is 11.3. The molecule has 5 aromatic rings. The predicted molar refractivity (Wildman–Crippen MR) is 130 cm³/mol. The third kappa shape index (κ3) is 3.92. The minimum atomic E-state index is -0.0701. The lowest BCUT2D eigenvalue weighted by Crippen LogP contribution is -2.14. The van der Waals surface area contributed by atoms with E-state index in [4.69, 9.17) is 4.98 Å². The van der Waals surface area contributed by atoms with Gasteiger partial charge in [-0.3, -0.25) is 4.79 Å². The molecule has 1 amide bonds. The molecular weight excluding hydrogens is 426 g/mol. The molecule has 5 rings (SSSR count). The van der Waals surface area contributed by atoms with Crippen molar-refractivity contribution in [2.75, 3.05) is 30.1 Å². The van der Waals surface area contributed by atoms with E-state index in [1.807, 2.05) is 61.5 Å². The zero-order valence-electron chi connectivity index (χ0n) is 17.0. The summed E-state index contributed by atoms with van der Waals surface area (Å²) in [5.41, 5.74) is 3.71. The lowest BCUT2D eigenvalue weighted by atomic mass is 10.2. The molecule has 6 nitrogen and oxygen atoms in total. The number of pyridine rings is 1. The quantitative estimate of drug-likeness (QED) is 0.297. The molecule has 31 heavy (non-hydrogen) atoms. The van der Waals surface area contributed by atoms with E-state index in [2.05, 4.69) is 27.4 Å². The number of thioether (sulfide) groups is 1. The summed E-state index contributed by atoms with van der Waals surface area (Å²) in [4.78, 5) is 29.1. The second-order valence-corrected chi connectivity index (χ2v) is 9.23.